The monoisotopic (exact) mass is 688 g/mol. The Kier molecular flexibility index (Phi) is 8.99. The SMILES string of the molecule is C(=Cc1cccc2ccccc12)c1nc(C=Cc2cccc3ccccc23)c(C=Cc2cccc3ccccc23)nc1C=Cc1cccc2ccccc12. The van der Waals surface area contributed by atoms with Crippen molar-refractivity contribution in [3.63, 3.8) is 0 Å². The molecule has 254 valence electrons. The minimum Gasteiger partial charge on any atom is -0.245 e. The summed E-state index contributed by atoms with van der Waals surface area (Å²) in [4.78, 5) is 10.7. The molecular formula is C52H36N2. The van der Waals surface area contributed by atoms with Gasteiger partial charge < -0.3 is 0 Å². The van der Waals surface area contributed by atoms with Crippen LogP contribution in [0.25, 0.3) is 91.7 Å². The molecule has 0 amide bonds. The maximum Gasteiger partial charge on any atom is 0.0894 e. The number of benzene rings is 8. The lowest BCUT2D eigenvalue weighted by molar-refractivity contribution is 1.12. The molecule has 0 aliphatic heterocycles. The van der Waals surface area contributed by atoms with E-state index in [-0.39, 0.29) is 0 Å². The van der Waals surface area contributed by atoms with Crippen LogP contribution in [0.2, 0.25) is 0 Å². The second-order valence-electron chi connectivity index (χ2n) is 13.4. The number of fused-ring (bicyclic) bond motifs is 4. The van der Waals surface area contributed by atoms with E-state index in [1.807, 2.05) is 0 Å². The van der Waals surface area contributed by atoms with Crippen LogP contribution in [0.15, 0.2) is 170 Å². The van der Waals surface area contributed by atoms with Crippen LogP contribution in [0, 0.1) is 0 Å². The molecule has 9 rings (SSSR count). The van der Waals surface area contributed by atoms with Gasteiger partial charge in [-0.25, -0.2) is 9.97 Å². The van der Waals surface area contributed by atoms with E-state index in [1.54, 1.807) is 0 Å². The minimum absolute atomic E-state index is 0.791. The molecule has 0 aliphatic carbocycles. The smallest absolute Gasteiger partial charge is 0.0894 e. The summed E-state index contributed by atoms with van der Waals surface area (Å²) < 4.78 is 0. The van der Waals surface area contributed by atoms with Gasteiger partial charge in [0.25, 0.3) is 0 Å². The number of aromatic nitrogens is 2. The molecule has 2 heteroatoms. The molecule has 0 saturated heterocycles. The molecule has 0 fully saturated rings. The van der Waals surface area contributed by atoms with Crippen LogP contribution in [0.4, 0.5) is 0 Å². The average Bonchev–Trinajstić information content (AvgIpc) is 3.23. The first kappa shape index (κ1) is 32.7. The molecule has 1 aromatic heterocycles. The Labute approximate surface area is 315 Å². The van der Waals surface area contributed by atoms with Crippen molar-refractivity contribution in [1.29, 1.82) is 0 Å². The van der Waals surface area contributed by atoms with Crippen LogP contribution < -0.4 is 0 Å². The van der Waals surface area contributed by atoms with E-state index in [2.05, 4.69) is 218 Å². The highest BCUT2D eigenvalue weighted by Crippen LogP contribution is 2.27. The molecule has 0 unspecified atom stereocenters. The van der Waals surface area contributed by atoms with E-state index >= 15 is 0 Å². The van der Waals surface area contributed by atoms with Gasteiger partial charge in [0.2, 0.25) is 0 Å². The Morgan fingerprint density at radius 3 is 0.704 bits per heavy atom. The zero-order chi connectivity index (χ0) is 36.1. The van der Waals surface area contributed by atoms with Crippen molar-refractivity contribution >= 4 is 91.7 Å². The third-order valence-corrected chi connectivity index (χ3v) is 9.98. The van der Waals surface area contributed by atoms with Crippen LogP contribution in [0.3, 0.4) is 0 Å². The van der Waals surface area contributed by atoms with Gasteiger partial charge >= 0.3 is 0 Å². The molecule has 0 spiro atoms. The van der Waals surface area contributed by atoms with Crippen molar-refractivity contribution in [3.8, 4) is 0 Å². The van der Waals surface area contributed by atoms with Crippen LogP contribution in [0.5, 0.6) is 0 Å². The van der Waals surface area contributed by atoms with Gasteiger partial charge in [0.05, 0.1) is 22.8 Å². The van der Waals surface area contributed by atoms with Gasteiger partial charge in [-0.15, -0.1) is 0 Å². The summed E-state index contributed by atoms with van der Waals surface area (Å²) in [5.74, 6) is 0. The van der Waals surface area contributed by atoms with Crippen LogP contribution >= 0.6 is 0 Å². The Bertz CT molecular complexity index is 2520. The summed E-state index contributed by atoms with van der Waals surface area (Å²) in [6.07, 6.45) is 17.0. The highest BCUT2D eigenvalue weighted by Gasteiger charge is 2.10. The number of hydrogen-bond acceptors (Lipinski definition) is 2. The highest BCUT2D eigenvalue weighted by molar-refractivity contribution is 5.97. The van der Waals surface area contributed by atoms with Gasteiger partial charge in [0.1, 0.15) is 0 Å². The maximum absolute atomic E-state index is 5.37. The predicted molar refractivity (Wildman–Crippen MR) is 234 cm³/mol. The molecular weight excluding hydrogens is 653 g/mol. The zero-order valence-electron chi connectivity index (χ0n) is 29.7. The van der Waals surface area contributed by atoms with Crippen LogP contribution in [-0.4, -0.2) is 9.97 Å². The van der Waals surface area contributed by atoms with Crippen LogP contribution in [0.1, 0.15) is 45.0 Å². The summed E-state index contributed by atoms with van der Waals surface area (Å²) >= 11 is 0. The number of hydrogen-bond donors (Lipinski definition) is 0. The number of nitrogens with zero attached hydrogens (tertiary/aromatic N) is 2. The van der Waals surface area contributed by atoms with E-state index in [4.69, 9.17) is 9.97 Å². The fourth-order valence-corrected chi connectivity index (χ4v) is 7.24. The average molecular weight is 689 g/mol. The molecule has 8 aromatic carbocycles. The zero-order valence-corrected chi connectivity index (χ0v) is 29.7. The fraction of sp³-hybridized carbons (Fsp3) is 0. The molecule has 54 heavy (non-hydrogen) atoms. The van der Waals surface area contributed by atoms with Gasteiger partial charge in [-0.3, -0.25) is 0 Å². The first-order valence-electron chi connectivity index (χ1n) is 18.3. The molecule has 0 atom stereocenters. The lowest BCUT2D eigenvalue weighted by Crippen LogP contribution is -2.00. The van der Waals surface area contributed by atoms with E-state index in [9.17, 15) is 0 Å². The summed E-state index contributed by atoms with van der Waals surface area (Å²) in [6.45, 7) is 0. The maximum atomic E-state index is 5.37. The minimum atomic E-state index is 0.791. The number of rotatable bonds is 8. The first-order chi connectivity index (χ1) is 26.8. The van der Waals surface area contributed by atoms with Crippen LogP contribution in [-0.2, 0) is 0 Å². The lowest BCUT2D eigenvalue weighted by atomic mass is 10.0. The summed E-state index contributed by atoms with van der Waals surface area (Å²) in [5, 5.41) is 9.60. The van der Waals surface area contributed by atoms with Crippen molar-refractivity contribution in [1.82, 2.24) is 9.97 Å². The Hall–Kier alpha value is -7.16. The molecule has 2 nitrogen and oxygen atoms in total. The van der Waals surface area contributed by atoms with Crippen molar-refractivity contribution in [2.24, 2.45) is 0 Å². The Morgan fingerprint density at radius 2 is 0.444 bits per heavy atom. The van der Waals surface area contributed by atoms with Crippen molar-refractivity contribution in [2.45, 2.75) is 0 Å². The standard InChI is InChI=1S/C52H36N2/c1-5-25-45-37(13-1)17-9-21-41(45)29-33-49-50(34-30-42-22-10-18-38-14-2-6-26-46(38)42)54-52(36-32-44-24-12-20-40-16-4-8-28-48(40)44)51(53-49)35-31-43-23-11-19-39-15-3-7-27-47(39)43/h1-36H. The molecule has 1 heterocycles. The van der Waals surface area contributed by atoms with Gasteiger partial charge in [-0.1, -0.05) is 194 Å². The van der Waals surface area contributed by atoms with E-state index in [0.29, 0.717) is 0 Å². The fourth-order valence-electron chi connectivity index (χ4n) is 7.24. The van der Waals surface area contributed by atoms with E-state index in [1.165, 1.54) is 43.1 Å². The normalized spacial score (nSPS) is 12.1. The summed E-state index contributed by atoms with van der Waals surface area (Å²) in [5.41, 5.74) is 7.69. The molecule has 0 aliphatic rings. The third-order valence-electron chi connectivity index (χ3n) is 9.98. The second kappa shape index (κ2) is 14.8. The molecule has 9 aromatic rings. The van der Waals surface area contributed by atoms with Crippen molar-refractivity contribution < 1.29 is 0 Å². The summed E-state index contributed by atoms with van der Waals surface area (Å²) in [6, 6.07) is 59.6. The Morgan fingerprint density at radius 1 is 0.222 bits per heavy atom. The summed E-state index contributed by atoms with van der Waals surface area (Å²) in [7, 11) is 0. The van der Waals surface area contributed by atoms with E-state index in [0.717, 1.165) is 45.0 Å². The predicted octanol–water partition coefficient (Wildman–Crippen LogP) is 13.8. The first-order valence-corrected chi connectivity index (χ1v) is 18.3. The molecule has 0 radical (unpaired) electrons. The third kappa shape index (κ3) is 6.77. The van der Waals surface area contributed by atoms with Gasteiger partial charge in [-0.05, 0) is 89.6 Å². The van der Waals surface area contributed by atoms with Crippen molar-refractivity contribution in [3.05, 3.63) is 215 Å². The van der Waals surface area contributed by atoms with Gasteiger partial charge in [0, 0.05) is 0 Å². The molecule has 0 saturated carbocycles. The molecule has 0 bridgehead atoms. The highest BCUT2D eigenvalue weighted by atomic mass is 14.8. The van der Waals surface area contributed by atoms with E-state index < -0.39 is 0 Å². The molecule has 0 N–H and O–H groups in total. The van der Waals surface area contributed by atoms with Gasteiger partial charge in [0.15, 0.2) is 0 Å². The largest absolute Gasteiger partial charge is 0.245 e. The van der Waals surface area contributed by atoms with Gasteiger partial charge in [-0.2, -0.15) is 0 Å². The topological polar surface area (TPSA) is 25.8 Å². The van der Waals surface area contributed by atoms with Crippen molar-refractivity contribution in [2.75, 3.05) is 0 Å². The second-order valence-corrected chi connectivity index (χ2v) is 13.4. The lowest BCUT2D eigenvalue weighted by Gasteiger charge is -2.09. The Balaban J connectivity index is 1.22. The quantitative estimate of drug-likeness (QED) is 0.159.